The molecule has 3 heterocycles. The molecule has 13 amide bonds. The molecule has 484 valence electrons. The number of aromatic amines is 1. The number of aromatic nitrogens is 1. The molecule has 0 bridgehead atoms. The molecule has 2 saturated heterocycles. The maximum Gasteiger partial charge on any atom is 0.248 e. The highest BCUT2D eigenvalue weighted by Crippen LogP contribution is 2.22. The van der Waals surface area contributed by atoms with Crippen LogP contribution in [0.5, 0.6) is 0 Å². The number of rotatable bonds is 33. The van der Waals surface area contributed by atoms with E-state index in [0.717, 1.165) is 10.5 Å². The van der Waals surface area contributed by atoms with Crippen molar-refractivity contribution in [3.63, 3.8) is 0 Å². The number of amides is 13. The van der Waals surface area contributed by atoms with E-state index in [1.807, 2.05) is 6.07 Å². The van der Waals surface area contributed by atoms with Gasteiger partial charge in [0, 0.05) is 42.9 Å². The van der Waals surface area contributed by atoms with Gasteiger partial charge in [-0.1, -0.05) is 92.7 Å². The molecule has 3 aromatic carbocycles. The third-order valence-corrected chi connectivity index (χ3v) is 15.1. The van der Waals surface area contributed by atoms with Gasteiger partial charge in [0.1, 0.15) is 54.4 Å². The number of aliphatic hydroxyl groups excluding tert-OH is 1. The van der Waals surface area contributed by atoms with Gasteiger partial charge in [-0.15, -0.1) is 0 Å². The molecule has 0 saturated carbocycles. The number of hydrogen-bond acceptors (Lipinski definition) is 15. The minimum absolute atomic E-state index is 0.0102. The molecule has 6 rings (SSSR count). The van der Waals surface area contributed by atoms with Gasteiger partial charge in [-0.05, 0) is 68.2 Å². The van der Waals surface area contributed by atoms with Gasteiger partial charge in [0.25, 0.3) is 0 Å². The van der Waals surface area contributed by atoms with Crippen molar-refractivity contribution < 1.29 is 72.2 Å². The molecule has 2 aliphatic rings. The molecule has 2 aliphatic heterocycles. The van der Waals surface area contributed by atoms with E-state index in [9.17, 15) is 67.4 Å². The van der Waals surface area contributed by atoms with Gasteiger partial charge >= 0.3 is 0 Å². The van der Waals surface area contributed by atoms with Crippen LogP contribution in [-0.2, 0) is 86.5 Å². The molecule has 1 aromatic heterocycles. The second-order valence-corrected chi connectivity index (χ2v) is 22.8. The van der Waals surface area contributed by atoms with E-state index in [2.05, 4.69) is 52.8 Å². The van der Waals surface area contributed by atoms with Crippen molar-refractivity contribution >= 4 is 87.7 Å². The molecule has 90 heavy (non-hydrogen) atoms. The van der Waals surface area contributed by atoms with Gasteiger partial charge in [0.15, 0.2) is 0 Å². The minimum atomic E-state index is -1.79. The summed E-state index contributed by atoms with van der Waals surface area (Å²) in [5.74, 6) is -11.9. The Balaban J connectivity index is 1.16. The Bertz CT molecular complexity index is 3250. The fourth-order valence-corrected chi connectivity index (χ4v) is 10.4. The molecule has 0 aliphatic carbocycles. The monoisotopic (exact) mass is 1250 g/mol. The van der Waals surface area contributed by atoms with Gasteiger partial charge in [-0.3, -0.25) is 62.3 Å². The van der Waals surface area contributed by atoms with Crippen LogP contribution in [0.3, 0.4) is 0 Å². The zero-order valence-corrected chi connectivity index (χ0v) is 50.4. The summed E-state index contributed by atoms with van der Waals surface area (Å²) in [4.78, 5) is 180. The fraction of sp³-hybridized carbons (Fsp3) is 0.459. The van der Waals surface area contributed by atoms with E-state index < -0.39 is 157 Å². The van der Waals surface area contributed by atoms with Crippen molar-refractivity contribution in [1.82, 2.24) is 57.7 Å². The first-order valence-electron chi connectivity index (χ1n) is 29.6. The maximum absolute atomic E-state index is 14.6. The van der Waals surface area contributed by atoms with Crippen LogP contribution in [0.25, 0.3) is 10.9 Å². The highest BCUT2D eigenvalue weighted by Gasteiger charge is 2.42. The van der Waals surface area contributed by atoms with Crippen LogP contribution in [-0.4, -0.2) is 171 Å². The standard InChI is InChI=1S/C61H80N14O15/c1-32(2)24-41(68-55(83)40-21-22-49(79)67-40)56(84)71-44(27-47(62)77)57(85)69-42(25-35-14-7-5-8-15-35)59(87)74-51(33(3)76)61(89)75-23-13-20-46(75)60(88)72-45(28-48(63)78)58(86)70-43(26-37-29-65-39-19-12-11-18-38(37)39)54(82)66-30-50(80)73-52(53(64)81)34(4)90-31-36-16-9-6-10-17-36/h5-12,14-19,29,32-34,40-46,51-52,65,76H,13,20-28,30-31H2,1-4H3,(H2,62,77)(H2,63,78)(H2,64,81)(H,66,82)(H,67,79)(H,68,83)(H,69,85)(H,70,86)(H,71,84)(H,72,88)(H,73,80)(H,74,87)/t33-,34-,40+,41+,42+,43+,44+,45+,46+,51+,52+/m1/s1. The van der Waals surface area contributed by atoms with Crippen LogP contribution >= 0.6 is 0 Å². The van der Waals surface area contributed by atoms with Crippen LogP contribution < -0.4 is 65.1 Å². The topological polar surface area (TPSA) is 457 Å². The van der Waals surface area contributed by atoms with Crippen molar-refractivity contribution in [1.29, 1.82) is 0 Å². The Morgan fingerprint density at radius 3 is 1.77 bits per heavy atom. The molecule has 11 atom stereocenters. The summed E-state index contributed by atoms with van der Waals surface area (Å²) in [5, 5.41) is 34.4. The third kappa shape index (κ3) is 20.4. The molecule has 0 unspecified atom stereocenters. The predicted molar refractivity (Wildman–Crippen MR) is 323 cm³/mol. The zero-order valence-electron chi connectivity index (χ0n) is 50.4. The van der Waals surface area contributed by atoms with Crippen molar-refractivity contribution in [3.8, 4) is 0 Å². The van der Waals surface area contributed by atoms with Gasteiger partial charge in [0.2, 0.25) is 76.8 Å². The lowest BCUT2D eigenvalue weighted by Crippen LogP contribution is -2.62. The lowest BCUT2D eigenvalue weighted by molar-refractivity contribution is -0.145. The Morgan fingerprint density at radius 2 is 1.18 bits per heavy atom. The first-order chi connectivity index (χ1) is 42.8. The summed E-state index contributed by atoms with van der Waals surface area (Å²) in [6, 6.07) is 11.2. The molecular weight excluding hydrogens is 1170 g/mol. The number of para-hydroxylation sites is 1. The Labute approximate surface area is 518 Å². The van der Waals surface area contributed by atoms with E-state index in [1.165, 1.54) is 13.8 Å². The summed E-state index contributed by atoms with van der Waals surface area (Å²) >= 11 is 0. The van der Waals surface area contributed by atoms with Crippen molar-refractivity contribution in [3.05, 3.63) is 108 Å². The number of benzene rings is 3. The fourth-order valence-electron chi connectivity index (χ4n) is 10.4. The summed E-state index contributed by atoms with van der Waals surface area (Å²) in [7, 11) is 0. The highest BCUT2D eigenvalue weighted by molar-refractivity contribution is 6.01. The number of likely N-dealkylation sites (tertiary alicyclic amines) is 1. The highest BCUT2D eigenvalue weighted by atomic mass is 16.5. The van der Waals surface area contributed by atoms with Crippen LogP contribution in [0.2, 0.25) is 0 Å². The van der Waals surface area contributed by atoms with Gasteiger partial charge in [-0.2, -0.15) is 0 Å². The first kappa shape index (κ1) is 69.3. The lowest BCUT2D eigenvalue weighted by Gasteiger charge is -2.32. The summed E-state index contributed by atoms with van der Waals surface area (Å²) in [5.41, 5.74) is 19.3. The number of carbonyl (C=O) groups is 13. The van der Waals surface area contributed by atoms with E-state index in [0.29, 0.717) is 22.0 Å². The zero-order chi connectivity index (χ0) is 65.8. The summed E-state index contributed by atoms with van der Waals surface area (Å²) in [6.07, 6.45) is -2.38. The number of ether oxygens (including phenoxy) is 1. The Kier molecular flexibility index (Phi) is 25.4. The van der Waals surface area contributed by atoms with Crippen molar-refractivity contribution in [2.75, 3.05) is 13.1 Å². The number of primary amides is 3. The molecule has 29 nitrogen and oxygen atoms in total. The SMILES string of the molecule is CC(C)C[C@H](NC(=O)[C@@H]1CCC(=O)N1)C(=O)N[C@@H](CC(N)=O)C(=O)N[C@@H](Cc1ccccc1)C(=O)N[C@H](C(=O)N1CCC[C@H]1C(=O)N[C@@H](CC(N)=O)C(=O)N[C@@H](Cc1c[nH]c2ccccc12)C(=O)NCC(=O)N[C@H](C(N)=O)[C@@H](C)OCc1ccccc1)[C@@H](C)O. The molecule has 0 spiro atoms. The molecule has 0 radical (unpaired) electrons. The number of nitrogens with zero attached hydrogens (tertiary/aromatic N) is 1. The Morgan fingerprint density at radius 1 is 0.622 bits per heavy atom. The van der Waals surface area contributed by atoms with Crippen LogP contribution in [0.15, 0.2) is 91.1 Å². The first-order valence-corrected chi connectivity index (χ1v) is 29.6. The van der Waals surface area contributed by atoms with Gasteiger partial charge in [0.05, 0.1) is 38.2 Å². The van der Waals surface area contributed by atoms with Gasteiger partial charge < -0.3 is 84.8 Å². The minimum Gasteiger partial charge on any atom is -0.391 e. The van der Waals surface area contributed by atoms with Crippen molar-refractivity contribution in [2.24, 2.45) is 23.1 Å². The van der Waals surface area contributed by atoms with E-state index in [4.69, 9.17) is 21.9 Å². The average molecular weight is 1250 g/mol. The largest absolute Gasteiger partial charge is 0.391 e. The molecule has 2 fully saturated rings. The van der Waals surface area contributed by atoms with E-state index >= 15 is 0 Å². The summed E-state index contributed by atoms with van der Waals surface area (Å²) < 4.78 is 5.80. The second kappa shape index (κ2) is 33.0. The number of hydrogen-bond donors (Lipinski definition) is 14. The van der Waals surface area contributed by atoms with Gasteiger partial charge in [-0.25, -0.2) is 0 Å². The molecule has 4 aromatic rings. The number of carbonyl (C=O) groups excluding carboxylic acids is 13. The molecule has 17 N–H and O–H groups in total. The molecular formula is C61H80N14O15. The number of aliphatic hydroxyl groups is 1. The summed E-state index contributed by atoms with van der Waals surface area (Å²) in [6.45, 7) is 5.56. The van der Waals surface area contributed by atoms with Crippen LogP contribution in [0, 0.1) is 5.92 Å². The number of nitrogens with one attached hydrogen (secondary N) is 10. The van der Waals surface area contributed by atoms with Crippen LogP contribution in [0.1, 0.15) is 89.3 Å². The predicted octanol–water partition coefficient (Wildman–Crippen LogP) is -3.00. The van der Waals surface area contributed by atoms with Crippen molar-refractivity contribution in [2.45, 2.75) is 159 Å². The third-order valence-electron chi connectivity index (χ3n) is 15.1. The molecule has 29 heteroatoms. The quantitative estimate of drug-likeness (QED) is 0.0226. The van der Waals surface area contributed by atoms with E-state index in [-0.39, 0.29) is 69.9 Å². The van der Waals surface area contributed by atoms with E-state index in [1.54, 1.807) is 98.9 Å². The Hall–Kier alpha value is -9.77. The van der Waals surface area contributed by atoms with Crippen LogP contribution in [0.4, 0.5) is 0 Å². The number of nitrogens with two attached hydrogens (primary N) is 3. The second-order valence-electron chi connectivity index (χ2n) is 22.8. The average Bonchev–Trinajstić information content (AvgIpc) is 1.93. The smallest absolute Gasteiger partial charge is 0.248 e. The normalized spacial score (nSPS) is 17.5. The number of fused-ring (bicyclic) bond motifs is 1. The maximum atomic E-state index is 14.6. The lowest BCUT2D eigenvalue weighted by atomic mass is 10.0. The number of H-pyrrole nitrogens is 1.